The lowest BCUT2D eigenvalue weighted by Gasteiger charge is -2.07. The Hall–Kier alpha value is -0.760. The quantitative estimate of drug-likeness (QED) is 0.774. The van der Waals surface area contributed by atoms with Gasteiger partial charge in [0.25, 0.3) is 0 Å². The van der Waals surface area contributed by atoms with E-state index in [2.05, 4.69) is 29.8 Å². The van der Waals surface area contributed by atoms with Crippen LogP contribution >= 0.6 is 0 Å². The highest BCUT2D eigenvalue weighted by atomic mass is 15.1. The summed E-state index contributed by atoms with van der Waals surface area (Å²) in [6.07, 6.45) is 3.91. The third kappa shape index (κ3) is 1.71. The molecule has 0 bridgehead atoms. The highest BCUT2D eigenvalue weighted by Gasteiger charge is 2.26. The molecule has 1 saturated carbocycles. The first-order valence-corrected chi connectivity index (χ1v) is 5.56. The van der Waals surface area contributed by atoms with Crippen molar-refractivity contribution in [1.29, 1.82) is 0 Å². The van der Waals surface area contributed by atoms with E-state index < -0.39 is 0 Å². The van der Waals surface area contributed by atoms with Gasteiger partial charge in [-0.1, -0.05) is 0 Å². The van der Waals surface area contributed by atoms with E-state index in [-0.39, 0.29) is 0 Å². The van der Waals surface area contributed by atoms with E-state index in [0.29, 0.717) is 0 Å². The Morgan fingerprint density at radius 1 is 1.43 bits per heavy atom. The molecule has 1 aliphatic rings. The number of rotatable bonds is 4. The summed E-state index contributed by atoms with van der Waals surface area (Å²) in [6, 6.07) is 3.17. The zero-order valence-electron chi connectivity index (χ0n) is 9.43. The maximum atomic E-state index is 3.21. The number of likely N-dealkylation sites (N-methyl/N-ethyl adjacent to an activating group) is 1. The molecule has 0 atom stereocenters. The van der Waals surface area contributed by atoms with Crippen molar-refractivity contribution in [3.05, 3.63) is 23.0 Å². The molecule has 1 aromatic rings. The molecule has 1 aliphatic carbocycles. The van der Waals surface area contributed by atoms with Crippen LogP contribution in [-0.2, 0) is 6.42 Å². The van der Waals surface area contributed by atoms with Crippen LogP contribution in [0.1, 0.15) is 35.8 Å². The number of aromatic nitrogens is 1. The number of nitrogens with one attached hydrogen (secondary N) is 1. The topological polar surface area (TPSA) is 17.0 Å². The summed E-state index contributed by atoms with van der Waals surface area (Å²) in [5.74, 6) is 0. The maximum Gasteiger partial charge on any atom is 0.0337 e. The van der Waals surface area contributed by atoms with Gasteiger partial charge in [0.05, 0.1) is 0 Å². The molecule has 0 radical (unpaired) electrons. The van der Waals surface area contributed by atoms with E-state index in [4.69, 9.17) is 0 Å². The molecule has 1 heterocycles. The van der Waals surface area contributed by atoms with Crippen molar-refractivity contribution in [2.45, 2.75) is 39.2 Å². The number of nitrogens with zero attached hydrogens (tertiary/aromatic N) is 1. The van der Waals surface area contributed by atoms with Crippen molar-refractivity contribution in [2.75, 3.05) is 13.6 Å². The Morgan fingerprint density at radius 2 is 2.14 bits per heavy atom. The summed E-state index contributed by atoms with van der Waals surface area (Å²) >= 11 is 0. The van der Waals surface area contributed by atoms with Gasteiger partial charge in [-0.05, 0) is 58.3 Å². The fourth-order valence-corrected chi connectivity index (χ4v) is 2.25. The molecule has 0 amide bonds. The second-order valence-electron chi connectivity index (χ2n) is 4.35. The zero-order chi connectivity index (χ0) is 10.1. The average Bonchev–Trinajstić information content (AvgIpc) is 2.92. The SMILES string of the molecule is CNCCc1cc(C)n(C2CC2)c1C. The highest BCUT2D eigenvalue weighted by Crippen LogP contribution is 2.38. The number of aryl methyl sites for hydroxylation is 1. The fourth-order valence-electron chi connectivity index (χ4n) is 2.25. The Morgan fingerprint density at radius 3 is 2.71 bits per heavy atom. The van der Waals surface area contributed by atoms with Gasteiger partial charge in [0, 0.05) is 17.4 Å². The van der Waals surface area contributed by atoms with Gasteiger partial charge in [-0.15, -0.1) is 0 Å². The Labute approximate surface area is 86.3 Å². The molecular weight excluding hydrogens is 172 g/mol. The van der Waals surface area contributed by atoms with Crippen LogP contribution in [0.3, 0.4) is 0 Å². The zero-order valence-corrected chi connectivity index (χ0v) is 9.43. The van der Waals surface area contributed by atoms with Crippen LogP contribution in [0.15, 0.2) is 6.07 Å². The molecule has 0 aromatic carbocycles. The molecule has 1 N–H and O–H groups in total. The van der Waals surface area contributed by atoms with Crippen molar-refractivity contribution in [3.63, 3.8) is 0 Å². The van der Waals surface area contributed by atoms with Gasteiger partial charge in [0.1, 0.15) is 0 Å². The van der Waals surface area contributed by atoms with E-state index in [1.807, 2.05) is 7.05 Å². The Kier molecular flexibility index (Phi) is 2.64. The largest absolute Gasteiger partial charge is 0.346 e. The van der Waals surface area contributed by atoms with E-state index in [0.717, 1.165) is 19.0 Å². The van der Waals surface area contributed by atoms with Crippen LogP contribution in [-0.4, -0.2) is 18.2 Å². The van der Waals surface area contributed by atoms with E-state index in [1.54, 1.807) is 0 Å². The van der Waals surface area contributed by atoms with Crippen LogP contribution in [0, 0.1) is 13.8 Å². The second-order valence-corrected chi connectivity index (χ2v) is 4.35. The molecule has 0 spiro atoms. The predicted octanol–water partition coefficient (Wildman–Crippen LogP) is 2.20. The highest BCUT2D eigenvalue weighted by molar-refractivity contribution is 5.28. The first-order valence-electron chi connectivity index (χ1n) is 5.56. The molecule has 1 fully saturated rings. The molecule has 0 unspecified atom stereocenters. The molecule has 2 nitrogen and oxygen atoms in total. The molecule has 14 heavy (non-hydrogen) atoms. The third-order valence-corrected chi connectivity index (χ3v) is 3.15. The second kappa shape index (κ2) is 3.77. The van der Waals surface area contributed by atoms with Crippen molar-refractivity contribution in [2.24, 2.45) is 0 Å². The molecular formula is C12H20N2. The van der Waals surface area contributed by atoms with E-state index >= 15 is 0 Å². The molecule has 78 valence electrons. The summed E-state index contributed by atoms with van der Waals surface area (Å²) < 4.78 is 2.52. The van der Waals surface area contributed by atoms with Crippen LogP contribution in [0.5, 0.6) is 0 Å². The summed E-state index contributed by atoms with van der Waals surface area (Å²) in [5.41, 5.74) is 4.44. The van der Waals surface area contributed by atoms with Gasteiger partial charge < -0.3 is 9.88 Å². The first-order chi connectivity index (χ1) is 6.74. The predicted molar refractivity (Wildman–Crippen MR) is 59.8 cm³/mol. The van der Waals surface area contributed by atoms with Crippen LogP contribution in [0.2, 0.25) is 0 Å². The van der Waals surface area contributed by atoms with Gasteiger partial charge in [-0.3, -0.25) is 0 Å². The molecule has 2 heteroatoms. The molecule has 0 aliphatic heterocycles. The monoisotopic (exact) mass is 192 g/mol. The summed E-state index contributed by atoms with van der Waals surface area (Å²) in [5, 5.41) is 3.21. The van der Waals surface area contributed by atoms with Crippen LogP contribution in [0.25, 0.3) is 0 Å². The van der Waals surface area contributed by atoms with Crippen molar-refractivity contribution < 1.29 is 0 Å². The minimum Gasteiger partial charge on any atom is -0.346 e. The smallest absolute Gasteiger partial charge is 0.0337 e. The summed E-state index contributed by atoms with van der Waals surface area (Å²) in [7, 11) is 2.01. The Bertz CT molecular complexity index is 321. The van der Waals surface area contributed by atoms with Crippen molar-refractivity contribution >= 4 is 0 Å². The van der Waals surface area contributed by atoms with Gasteiger partial charge in [0.15, 0.2) is 0 Å². The van der Waals surface area contributed by atoms with Crippen LogP contribution < -0.4 is 5.32 Å². The standard InChI is InChI=1S/C12H20N2/c1-9-8-11(6-7-13-3)10(2)14(9)12-4-5-12/h8,12-13H,4-7H2,1-3H3. The average molecular weight is 192 g/mol. The first kappa shape index (κ1) is 9.78. The van der Waals surface area contributed by atoms with Crippen LogP contribution in [0.4, 0.5) is 0 Å². The third-order valence-electron chi connectivity index (χ3n) is 3.15. The normalized spacial score (nSPS) is 16.2. The molecule has 0 saturated heterocycles. The maximum absolute atomic E-state index is 3.21. The fraction of sp³-hybridized carbons (Fsp3) is 0.667. The summed E-state index contributed by atoms with van der Waals surface area (Å²) in [4.78, 5) is 0. The van der Waals surface area contributed by atoms with Gasteiger partial charge in [-0.25, -0.2) is 0 Å². The Balaban J connectivity index is 2.20. The van der Waals surface area contributed by atoms with E-state index in [1.165, 1.54) is 29.8 Å². The lowest BCUT2D eigenvalue weighted by molar-refractivity contribution is 0.692. The van der Waals surface area contributed by atoms with Gasteiger partial charge in [0.2, 0.25) is 0 Å². The number of hydrogen-bond donors (Lipinski definition) is 1. The summed E-state index contributed by atoms with van der Waals surface area (Å²) in [6.45, 7) is 5.57. The van der Waals surface area contributed by atoms with Crippen molar-refractivity contribution in [1.82, 2.24) is 9.88 Å². The van der Waals surface area contributed by atoms with Crippen molar-refractivity contribution in [3.8, 4) is 0 Å². The lowest BCUT2D eigenvalue weighted by Crippen LogP contribution is -2.10. The number of hydrogen-bond acceptors (Lipinski definition) is 1. The lowest BCUT2D eigenvalue weighted by atomic mass is 10.2. The minimum absolute atomic E-state index is 0.818. The molecule has 1 aromatic heterocycles. The minimum atomic E-state index is 0.818. The molecule has 2 rings (SSSR count). The van der Waals surface area contributed by atoms with Gasteiger partial charge in [-0.2, -0.15) is 0 Å². The van der Waals surface area contributed by atoms with Gasteiger partial charge >= 0.3 is 0 Å². The van der Waals surface area contributed by atoms with E-state index in [9.17, 15) is 0 Å².